The van der Waals surface area contributed by atoms with Crippen molar-refractivity contribution in [1.29, 1.82) is 0 Å². The standard InChI is InChI=1S/C16H13FN4O4/c1-16(13-7-2-3-8-18-13)14(22)20(15(23)19-16)9-10-11(17)5-4-6-12(10)21(24)25/h2-8H,9H2,1H3,(H,19,23). The number of hydrogen-bond donors (Lipinski definition) is 1. The number of carbonyl (C=O) groups excluding carboxylic acids is 2. The second-order valence-electron chi connectivity index (χ2n) is 5.66. The van der Waals surface area contributed by atoms with Crippen LogP contribution in [0.1, 0.15) is 18.2 Å². The van der Waals surface area contributed by atoms with Gasteiger partial charge in [-0.25, -0.2) is 9.18 Å². The minimum absolute atomic E-state index is 0.318. The van der Waals surface area contributed by atoms with Gasteiger partial charge in [0.25, 0.3) is 11.6 Å². The molecule has 0 spiro atoms. The maximum atomic E-state index is 14.0. The maximum absolute atomic E-state index is 14.0. The lowest BCUT2D eigenvalue weighted by Crippen LogP contribution is -2.41. The van der Waals surface area contributed by atoms with Gasteiger partial charge in [-0.3, -0.25) is 24.8 Å². The maximum Gasteiger partial charge on any atom is 0.325 e. The lowest BCUT2D eigenvalue weighted by Gasteiger charge is -2.21. The predicted molar refractivity (Wildman–Crippen MR) is 83.7 cm³/mol. The summed E-state index contributed by atoms with van der Waals surface area (Å²) in [5.41, 5.74) is -1.93. The number of aromatic nitrogens is 1. The van der Waals surface area contributed by atoms with Gasteiger partial charge in [0.2, 0.25) is 0 Å². The van der Waals surface area contributed by atoms with Crippen molar-refractivity contribution in [3.8, 4) is 0 Å². The van der Waals surface area contributed by atoms with E-state index in [0.717, 1.165) is 17.0 Å². The summed E-state index contributed by atoms with van der Waals surface area (Å²) in [6.07, 6.45) is 1.48. The molecular formula is C16H13FN4O4. The smallest absolute Gasteiger partial charge is 0.318 e. The molecule has 1 unspecified atom stereocenters. The fraction of sp³-hybridized carbons (Fsp3) is 0.188. The number of nitro groups is 1. The molecule has 2 heterocycles. The molecule has 3 rings (SSSR count). The number of pyridine rings is 1. The van der Waals surface area contributed by atoms with Gasteiger partial charge in [0.05, 0.1) is 22.7 Å². The van der Waals surface area contributed by atoms with Gasteiger partial charge in [0.1, 0.15) is 5.82 Å². The molecule has 0 aliphatic carbocycles. The summed E-state index contributed by atoms with van der Waals surface area (Å²) in [5.74, 6) is -1.52. The highest BCUT2D eigenvalue weighted by atomic mass is 19.1. The van der Waals surface area contributed by atoms with Crippen molar-refractivity contribution in [2.75, 3.05) is 0 Å². The fourth-order valence-corrected chi connectivity index (χ4v) is 2.71. The average Bonchev–Trinajstić information content (AvgIpc) is 2.81. The highest BCUT2D eigenvalue weighted by Gasteiger charge is 2.50. The number of nitro benzene ring substituents is 1. The molecule has 1 N–H and O–H groups in total. The number of imide groups is 1. The summed E-state index contributed by atoms with van der Waals surface area (Å²) in [7, 11) is 0. The summed E-state index contributed by atoms with van der Waals surface area (Å²) in [6.45, 7) is 0.932. The first-order chi connectivity index (χ1) is 11.8. The molecule has 9 heteroatoms. The Morgan fingerprint density at radius 3 is 2.68 bits per heavy atom. The Bertz CT molecular complexity index is 874. The third-order valence-corrected chi connectivity index (χ3v) is 4.06. The lowest BCUT2D eigenvalue weighted by atomic mass is 9.97. The molecule has 128 valence electrons. The van der Waals surface area contributed by atoms with Crippen molar-refractivity contribution in [3.05, 3.63) is 69.8 Å². The Hall–Kier alpha value is -3.36. The molecule has 8 nitrogen and oxygen atoms in total. The van der Waals surface area contributed by atoms with Crippen LogP contribution in [0.2, 0.25) is 0 Å². The first-order valence-electron chi connectivity index (χ1n) is 7.32. The van der Waals surface area contributed by atoms with Gasteiger partial charge in [-0.05, 0) is 25.1 Å². The Kier molecular flexibility index (Phi) is 3.91. The number of benzene rings is 1. The van der Waals surface area contributed by atoms with Gasteiger partial charge < -0.3 is 5.32 Å². The molecule has 1 fully saturated rings. The van der Waals surface area contributed by atoms with E-state index in [4.69, 9.17) is 0 Å². The second kappa shape index (κ2) is 5.93. The lowest BCUT2D eigenvalue weighted by molar-refractivity contribution is -0.385. The third-order valence-electron chi connectivity index (χ3n) is 4.06. The predicted octanol–water partition coefficient (Wildman–Crippen LogP) is 2.10. The van der Waals surface area contributed by atoms with Crippen LogP contribution in [0.15, 0.2) is 42.6 Å². The normalized spacial score (nSPS) is 19.8. The van der Waals surface area contributed by atoms with Crippen LogP contribution in [0.5, 0.6) is 0 Å². The number of amides is 3. The fourth-order valence-electron chi connectivity index (χ4n) is 2.71. The number of nitrogens with zero attached hydrogens (tertiary/aromatic N) is 3. The number of rotatable bonds is 4. The first kappa shape index (κ1) is 16.5. The quantitative estimate of drug-likeness (QED) is 0.519. The van der Waals surface area contributed by atoms with E-state index in [-0.39, 0.29) is 5.56 Å². The van der Waals surface area contributed by atoms with Gasteiger partial charge in [0.15, 0.2) is 5.54 Å². The molecule has 25 heavy (non-hydrogen) atoms. The molecule has 1 aromatic carbocycles. The SMILES string of the molecule is CC1(c2ccccn2)NC(=O)N(Cc2c(F)cccc2[N+](=O)[O-])C1=O. The summed E-state index contributed by atoms with van der Waals surface area (Å²) in [5, 5.41) is 13.6. The zero-order valence-corrected chi connectivity index (χ0v) is 13.1. The second-order valence-corrected chi connectivity index (χ2v) is 5.66. The molecule has 1 aromatic heterocycles. The van der Waals surface area contributed by atoms with Crippen molar-refractivity contribution < 1.29 is 18.9 Å². The van der Waals surface area contributed by atoms with E-state index >= 15 is 0 Å². The molecule has 1 saturated heterocycles. The summed E-state index contributed by atoms with van der Waals surface area (Å²) < 4.78 is 14.0. The molecule has 0 saturated carbocycles. The van der Waals surface area contributed by atoms with Crippen molar-refractivity contribution in [2.24, 2.45) is 0 Å². The van der Waals surface area contributed by atoms with E-state index in [2.05, 4.69) is 10.3 Å². The van der Waals surface area contributed by atoms with Gasteiger partial charge in [-0.2, -0.15) is 0 Å². The van der Waals surface area contributed by atoms with Crippen LogP contribution in [0.4, 0.5) is 14.9 Å². The minimum Gasteiger partial charge on any atom is -0.318 e. The largest absolute Gasteiger partial charge is 0.325 e. The average molecular weight is 344 g/mol. The molecule has 2 aromatic rings. The Morgan fingerprint density at radius 2 is 2.04 bits per heavy atom. The molecule has 0 radical (unpaired) electrons. The Balaban J connectivity index is 1.97. The van der Waals surface area contributed by atoms with Crippen molar-refractivity contribution in [2.45, 2.75) is 19.0 Å². The van der Waals surface area contributed by atoms with Gasteiger partial charge in [0, 0.05) is 12.3 Å². The summed E-state index contributed by atoms with van der Waals surface area (Å²) in [4.78, 5) is 40.1. The van der Waals surface area contributed by atoms with E-state index in [1.54, 1.807) is 18.2 Å². The van der Waals surface area contributed by atoms with Crippen LogP contribution in [0.3, 0.4) is 0 Å². The molecule has 3 amide bonds. The van der Waals surface area contributed by atoms with Gasteiger partial charge in [-0.15, -0.1) is 0 Å². The van der Waals surface area contributed by atoms with Gasteiger partial charge >= 0.3 is 6.03 Å². The molecular weight excluding hydrogens is 331 g/mol. The van der Waals surface area contributed by atoms with Crippen LogP contribution in [0, 0.1) is 15.9 Å². The van der Waals surface area contributed by atoms with E-state index < -0.39 is 40.4 Å². The van der Waals surface area contributed by atoms with E-state index in [0.29, 0.717) is 5.69 Å². The van der Waals surface area contributed by atoms with Crippen LogP contribution < -0.4 is 5.32 Å². The van der Waals surface area contributed by atoms with Crippen molar-refractivity contribution >= 4 is 17.6 Å². The van der Waals surface area contributed by atoms with Crippen LogP contribution in [-0.2, 0) is 16.9 Å². The van der Waals surface area contributed by atoms with Crippen LogP contribution >= 0.6 is 0 Å². The number of halogens is 1. The van der Waals surface area contributed by atoms with Crippen molar-refractivity contribution in [1.82, 2.24) is 15.2 Å². The summed E-state index contributed by atoms with van der Waals surface area (Å²) in [6, 6.07) is 7.49. The van der Waals surface area contributed by atoms with E-state index in [9.17, 15) is 24.1 Å². The van der Waals surface area contributed by atoms with Crippen LogP contribution in [-0.4, -0.2) is 26.7 Å². The zero-order valence-electron chi connectivity index (χ0n) is 13.1. The molecule has 1 aliphatic rings. The number of urea groups is 1. The monoisotopic (exact) mass is 344 g/mol. The number of hydrogen-bond acceptors (Lipinski definition) is 5. The third kappa shape index (κ3) is 2.69. The van der Waals surface area contributed by atoms with E-state index in [1.165, 1.54) is 19.2 Å². The highest BCUT2D eigenvalue weighted by molar-refractivity contribution is 6.06. The zero-order chi connectivity index (χ0) is 18.2. The van der Waals surface area contributed by atoms with Gasteiger partial charge in [-0.1, -0.05) is 12.1 Å². The molecule has 0 bridgehead atoms. The van der Waals surface area contributed by atoms with Crippen molar-refractivity contribution in [3.63, 3.8) is 0 Å². The number of nitrogens with one attached hydrogen (secondary N) is 1. The molecule has 1 aliphatic heterocycles. The van der Waals surface area contributed by atoms with E-state index in [1.807, 2.05) is 0 Å². The minimum atomic E-state index is -1.42. The number of carbonyl (C=O) groups is 2. The topological polar surface area (TPSA) is 105 Å². The van der Waals surface area contributed by atoms with Crippen LogP contribution in [0.25, 0.3) is 0 Å². The first-order valence-corrected chi connectivity index (χ1v) is 7.32. The Labute approximate surface area is 141 Å². The summed E-state index contributed by atoms with van der Waals surface area (Å²) >= 11 is 0. The Morgan fingerprint density at radius 1 is 1.28 bits per heavy atom. The molecule has 1 atom stereocenters. The highest BCUT2D eigenvalue weighted by Crippen LogP contribution is 2.30.